The lowest BCUT2D eigenvalue weighted by Crippen LogP contribution is -2.33. The van der Waals surface area contributed by atoms with Gasteiger partial charge in [0, 0.05) is 18.0 Å². The van der Waals surface area contributed by atoms with Gasteiger partial charge in [-0.2, -0.15) is 0 Å². The first-order chi connectivity index (χ1) is 9.34. The molecule has 0 atom stereocenters. The molecule has 0 spiro atoms. The van der Waals surface area contributed by atoms with Crippen LogP contribution in [0.3, 0.4) is 0 Å². The summed E-state index contributed by atoms with van der Waals surface area (Å²) in [4.78, 5) is 5.82. The fourth-order valence-electron chi connectivity index (χ4n) is 2.67. The number of aliphatic imine (C=N–C) groups is 1. The molecular weight excluding hydrogens is 381 g/mol. The van der Waals surface area contributed by atoms with Gasteiger partial charge in [-0.3, -0.25) is 4.99 Å². The van der Waals surface area contributed by atoms with Crippen molar-refractivity contribution in [2.24, 2.45) is 16.6 Å². The van der Waals surface area contributed by atoms with Gasteiger partial charge in [0.05, 0.1) is 0 Å². The first-order valence-corrected chi connectivity index (χ1v) is 8.29. The van der Waals surface area contributed by atoms with Crippen LogP contribution in [0.4, 0.5) is 0 Å². The third-order valence-corrected chi connectivity index (χ3v) is 4.74. The lowest BCUT2D eigenvalue weighted by atomic mass is 9.87. The van der Waals surface area contributed by atoms with Crippen LogP contribution in [-0.4, -0.2) is 19.0 Å². The maximum absolute atomic E-state index is 5.87. The van der Waals surface area contributed by atoms with Gasteiger partial charge >= 0.3 is 0 Å². The second kappa shape index (κ2) is 10.4. The van der Waals surface area contributed by atoms with Crippen LogP contribution in [0.1, 0.15) is 43.4 Å². The summed E-state index contributed by atoms with van der Waals surface area (Å²) < 4.78 is 0. The predicted molar refractivity (Wildman–Crippen MR) is 99.1 cm³/mol. The zero-order valence-corrected chi connectivity index (χ0v) is 15.2. The van der Waals surface area contributed by atoms with Gasteiger partial charge in [0.2, 0.25) is 0 Å². The number of nitrogens with two attached hydrogens (primary N) is 1. The maximum atomic E-state index is 5.87. The highest BCUT2D eigenvalue weighted by Gasteiger charge is 2.12. The van der Waals surface area contributed by atoms with Gasteiger partial charge in [-0.05, 0) is 30.2 Å². The lowest BCUT2D eigenvalue weighted by Gasteiger charge is -2.20. The topological polar surface area (TPSA) is 50.4 Å². The molecule has 3 nitrogen and oxygen atoms in total. The van der Waals surface area contributed by atoms with Crippen LogP contribution in [0.2, 0.25) is 0 Å². The molecule has 0 aliphatic heterocycles. The van der Waals surface area contributed by atoms with E-state index in [1.165, 1.54) is 43.4 Å². The quantitative estimate of drug-likeness (QED) is 0.428. The van der Waals surface area contributed by atoms with E-state index in [0.717, 1.165) is 25.4 Å². The molecule has 0 aromatic carbocycles. The summed E-state index contributed by atoms with van der Waals surface area (Å²) in [5.74, 6) is 1.49. The monoisotopic (exact) mass is 407 g/mol. The van der Waals surface area contributed by atoms with E-state index in [4.69, 9.17) is 5.73 Å². The maximum Gasteiger partial charge on any atom is 0.188 e. The molecule has 1 aliphatic carbocycles. The molecule has 1 aromatic heterocycles. The van der Waals surface area contributed by atoms with Gasteiger partial charge < -0.3 is 11.1 Å². The highest BCUT2D eigenvalue weighted by atomic mass is 127. The summed E-state index contributed by atoms with van der Waals surface area (Å²) in [7, 11) is 0. The molecular formula is C15H26IN3S. The predicted octanol–water partition coefficient (Wildman–Crippen LogP) is 3.78. The Morgan fingerprint density at radius 1 is 1.35 bits per heavy atom. The minimum atomic E-state index is 0. The molecule has 1 aliphatic rings. The Morgan fingerprint density at radius 3 is 2.85 bits per heavy atom. The third kappa shape index (κ3) is 6.92. The minimum Gasteiger partial charge on any atom is -0.370 e. The van der Waals surface area contributed by atoms with E-state index in [1.54, 1.807) is 11.3 Å². The van der Waals surface area contributed by atoms with Gasteiger partial charge in [0.25, 0.3) is 0 Å². The number of hydrogen-bond acceptors (Lipinski definition) is 2. The SMILES string of the molecule is I.NC(=NCCC1CCCCC1)NCCc1cccs1. The van der Waals surface area contributed by atoms with Crippen LogP contribution >= 0.6 is 35.3 Å². The minimum absolute atomic E-state index is 0. The summed E-state index contributed by atoms with van der Waals surface area (Å²) >= 11 is 1.79. The Morgan fingerprint density at radius 2 is 2.15 bits per heavy atom. The zero-order chi connectivity index (χ0) is 13.3. The van der Waals surface area contributed by atoms with Crippen molar-refractivity contribution < 1.29 is 0 Å². The highest BCUT2D eigenvalue weighted by Crippen LogP contribution is 2.25. The van der Waals surface area contributed by atoms with Crippen molar-refractivity contribution in [3.63, 3.8) is 0 Å². The van der Waals surface area contributed by atoms with Crippen LogP contribution < -0.4 is 11.1 Å². The molecule has 1 aromatic rings. The summed E-state index contributed by atoms with van der Waals surface area (Å²) in [6.45, 7) is 1.75. The molecule has 1 heterocycles. The highest BCUT2D eigenvalue weighted by molar-refractivity contribution is 14.0. The smallest absolute Gasteiger partial charge is 0.188 e. The molecule has 1 fully saturated rings. The van der Waals surface area contributed by atoms with Crippen LogP contribution in [0, 0.1) is 5.92 Å². The number of halogens is 1. The molecule has 0 bridgehead atoms. The molecule has 20 heavy (non-hydrogen) atoms. The Labute approximate surface area is 143 Å². The summed E-state index contributed by atoms with van der Waals surface area (Å²) in [6.07, 6.45) is 9.24. The van der Waals surface area contributed by atoms with Crippen molar-refractivity contribution in [1.82, 2.24) is 5.32 Å². The second-order valence-electron chi connectivity index (χ2n) is 5.32. The fraction of sp³-hybridized carbons (Fsp3) is 0.667. The molecule has 0 radical (unpaired) electrons. The first-order valence-electron chi connectivity index (χ1n) is 7.41. The lowest BCUT2D eigenvalue weighted by molar-refractivity contribution is 0.343. The number of guanidine groups is 1. The molecule has 1 saturated carbocycles. The van der Waals surface area contributed by atoms with E-state index >= 15 is 0 Å². The van der Waals surface area contributed by atoms with Gasteiger partial charge in [0.15, 0.2) is 5.96 Å². The number of hydrogen-bond donors (Lipinski definition) is 2. The van der Waals surface area contributed by atoms with Crippen molar-refractivity contribution in [2.75, 3.05) is 13.1 Å². The van der Waals surface area contributed by atoms with Gasteiger partial charge in [-0.15, -0.1) is 35.3 Å². The fourth-order valence-corrected chi connectivity index (χ4v) is 3.38. The van der Waals surface area contributed by atoms with Gasteiger partial charge in [-0.1, -0.05) is 38.2 Å². The van der Waals surface area contributed by atoms with E-state index in [1.807, 2.05) is 0 Å². The Balaban J connectivity index is 0.00000200. The summed E-state index contributed by atoms with van der Waals surface area (Å²) in [5.41, 5.74) is 5.87. The normalized spacial score (nSPS) is 16.7. The zero-order valence-electron chi connectivity index (χ0n) is 12.0. The number of thiophene rings is 1. The van der Waals surface area contributed by atoms with E-state index in [2.05, 4.69) is 27.8 Å². The van der Waals surface area contributed by atoms with E-state index in [9.17, 15) is 0 Å². The van der Waals surface area contributed by atoms with Crippen LogP contribution in [0.5, 0.6) is 0 Å². The van der Waals surface area contributed by atoms with Crippen LogP contribution in [0.25, 0.3) is 0 Å². The third-order valence-electron chi connectivity index (χ3n) is 3.80. The number of nitrogens with zero attached hydrogens (tertiary/aromatic N) is 1. The summed E-state index contributed by atoms with van der Waals surface area (Å²) in [6, 6.07) is 4.24. The average molecular weight is 407 g/mol. The van der Waals surface area contributed by atoms with E-state index in [0.29, 0.717) is 5.96 Å². The van der Waals surface area contributed by atoms with Crippen molar-refractivity contribution in [3.8, 4) is 0 Å². The molecule has 0 amide bonds. The molecule has 2 rings (SSSR count). The van der Waals surface area contributed by atoms with Gasteiger partial charge in [-0.25, -0.2) is 0 Å². The van der Waals surface area contributed by atoms with E-state index in [-0.39, 0.29) is 24.0 Å². The van der Waals surface area contributed by atoms with Crippen LogP contribution in [-0.2, 0) is 6.42 Å². The molecule has 0 saturated heterocycles. The first kappa shape index (κ1) is 17.8. The Kier molecular flexibility index (Phi) is 9.26. The largest absolute Gasteiger partial charge is 0.370 e. The molecule has 0 unspecified atom stereocenters. The Hall–Kier alpha value is -0.300. The Bertz CT molecular complexity index is 372. The van der Waals surface area contributed by atoms with E-state index < -0.39 is 0 Å². The summed E-state index contributed by atoms with van der Waals surface area (Å²) in [5, 5.41) is 5.30. The second-order valence-corrected chi connectivity index (χ2v) is 6.35. The van der Waals surface area contributed by atoms with Crippen molar-refractivity contribution >= 4 is 41.3 Å². The molecule has 5 heteroatoms. The van der Waals surface area contributed by atoms with Crippen molar-refractivity contribution in [1.29, 1.82) is 0 Å². The average Bonchev–Trinajstić information content (AvgIpc) is 2.93. The van der Waals surface area contributed by atoms with Gasteiger partial charge in [0.1, 0.15) is 0 Å². The van der Waals surface area contributed by atoms with Crippen molar-refractivity contribution in [3.05, 3.63) is 22.4 Å². The van der Waals surface area contributed by atoms with Crippen LogP contribution in [0.15, 0.2) is 22.5 Å². The number of nitrogens with one attached hydrogen (secondary N) is 1. The molecule has 3 N–H and O–H groups in total. The number of rotatable bonds is 6. The van der Waals surface area contributed by atoms with Crippen molar-refractivity contribution in [2.45, 2.75) is 44.9 Å². The standard InChI is InChI=1S/C15H25N3S.HI/c16-15(18-11-9-14-7-4-12-19-14)17-10-8-13-5-2-1-3-6-13;/h4,7,12-13H,1-3,5-6,8-11H2,(H3,16,17,18);1H. The molecule has 114 valence electrons.